The zero-order valence-electron chi connectivity index (χ0n) is 7.90. The van der Waals surface area contributed by atoms with E-state index in [1.54, 1.807) is 6.92 Å². The topological polar surface area (TPSA) is 86.6 Å². The van der Waals surface area contributed by atoms with Crippen LogP contribution in [0.4, 0.5) is 0 Å². The largest absolute Gasteiger partial charge is 0.480 e. The lowest BCUT2D eigenvalue weighted by Crippen LogP contribution is -2.17. The molecule has 1 aromatic rings. The molecule has 5 heteroatoms. The Morgan fingerprint density at radius 2 is 2.15 bits per heavy atom. The van der Waals surface area contributed by atoms with Crippen molar-refractivity contribution in [1.82, 2.24) is 9.78 Å². The van der Waals surface area contributed by atoms with E-state index in [0.29, 0.717) is 0 Å². The Hall–Kier alpha value is -1.36. The first kappa shape index (κ1) is 11.6. The zero-order valence-corrected chi connectivity index (χ0v) is 7.90. The summed E-state index contributed by atoms with van der Waals surface area (Å²) in [6.45, 7) is 5.30. The highest BCUT2D eigenvalue weighted by Crippen LogP contribution is 2.09. The highest BCUT2D eigenvalue weighted by molar-refractivity contribution is 5.71. The van der Waals surface area contributed by atoms with Crippen molar-refractivity contribution in [3.63, 3.8) is 0 Å². The van der Waals surface area contributed by atoms with Crippen LogP contribution in [0.5, 0.6) is 0 Å². The third kappa shape index (κ3) is 2.29. The highest BCUT2D eigenvalue weighted by Gasteiger charge is 2.15. The number of rotatable bonds is 2. The van der Waals surface area contributed by atoms with Gasteiger partial charge in [0.1, 0.15) is 6.04 Å². The molecule has 0 aliphatic carbocycles. The Balaban J connectivity index is 0.00000144. The van der Waals surface area contributed by atoms with Crippen molar-refractivity contribution in [2.24, 2.45) is 0 Å². The molecule has 0 bridgehead atoms. The molecular formula is C8H14N2O3. The van der Waals surface area contributed by atoms with Crippen LogP contribution in [0.1, 0.15) is 24.4 Å². The molecule has 0 aliphatic rings. The SMILES string of the molecule is Cc1cc(C)n(C(C)C(=O)O)n1.O. The first-order valence-corrected chi connectivity index (χ1v) is 3.78. The lowest BCUT2D eigenvalue weighted by Gasteiger charge is -2.08. The number of aromatic nitrogens is 2. The minimum absolute atomic E-state index is 0. The van der Waals surface area contributed by atoms with Crippen LogP contribution in [0.2, 0.25) is 0 Å². The average molecular weight is 186 g/mol. The maximum Gasteiger partial charge on any atom is 0.328 e. The highest BCUT2D eigenvalue weighted by atomic mass is 16.4. The summed E-state index contributed by atoms with van der Waals surface area (Å²) in [5.41, 5.74) is 1.73. The van der Waals surface area contributed by atoms with Crippen molar-refractivity contribution in [3.8, 4) is 0 Å². The maximum atomic E-state index is 10.6. The molecule has 0 saturated carbocycles. The summed E-state index contributed by atoms with van der Waals surface area (Å²) in [6, 6.07) is 1.28. The lowest BCUT2D eigenvalue weighted by atomic mass is 10.3. The predicted octanol–water partition coefficient (Wildman–Crippen LogP) is 0.321. The number of aliphatic carboxylic acids is 1. The van der Waals surface area contributed by atoms with Crippen LogP contribution in [-0.4, -0.2) is 26.3 Å². The van der Waals surface area contributed by atoms with Crippen molar-refractivity contribution in [2.75, 3.05) is 0 Å². The van der Waals surface area contributed by atoms with Crippen molar-refractivity contribution in [2.45, 2.75) is 26.8 Å². The smallest absolute Gasteiger partial charge is 0.328 e. The molecule has 0 amide bonds. The summed E-state index contributed by atoms with van der Waals surface area (Å²) in [5.74, 6) is -0.860. The van der Waals surface area contributed by atoms with Gasteiger partial charge in [-0.05, 0) is 26.8 Å². The van der Waals surface area contributed by atoms with Crippen molar-refractivity contribution < 1.29 is 15.4 Å². The number of carboxylic acids is 1. The molecule has 0 aromatic carbocycles. The zero-order chi connectivity index (χ0) is 9.30. The fourth-order valence-electron chi connectivity index (χ4n) is 1.14. The van der Waals surface area contributed by atoms with Gasteiger partial charge in [0.05, 0.1) is 5.69 Å². The molecule has 13 heavy (non-hydrogen) atoms. The van der Waals surface area contributed by atoms with E-state index in [4.69, 9.17) is 5.11 Å². The van der Waals surface area contributed by atoms with E-state index in [1.165, 1.54) is 4.68 Å². The Bertz CT molecular complexity index is 306. The third-order valence-corrected chi connectivity index (χ3v) is 1.77. The summed E-state index contributed by atoms with van der Waals surface area (Å²) < 4.78 is 1.51. The average Bonchev–Trinajstić information content (AvgIpc) is 2.28. The van der Waals surface area contributed by atoms with Gasteiger partial charge in [0.15, 0.2) is 0 Å². The first-order valence-electron chi connectivity index (χ1n) is 3.78. The van der Waals surface area contributed by atoms with E-state index in [1.807, 2.05) is 19.9 Å². The van der Waals surface area contributed by atoms with E-state index >= 15 is 0 Å². The van der Waals surface area contributed by atoms with Crippen molar-refractivity contribution in [3.05, 3.63) is 17.5 Å². The van der Waals surface area contributed by atoms with Gasteiger partial charge in [0.25, 0.3) is 0 Å². The minimum atomic E-state index is -0.860. The number of aryl methyl sites for hydroxylation is 2. The van der Waals surface area contributed by atoms with Gasteiger partial charge in [0.2, 0.25) is 0 Å². The summed E-state index contributed by atoms with van der Waals surface area (Å²) in [4.78, 5) is 10.6. The molecule has 0 spiro atoms. The van der Waals surface area contributed by atoms with Gasteiger partial charge in [-0.1, -0.05) is 0 Å². The van der Waals surface area contributed by atoms with Gasteiger partial charge in [-0.2, -0.15) is 5.10 Å². The van der Waals surface area contributed by atoms with Gasteiger partial charge < -0.3 is 10.6 Å². The molecule has 0 aliphatic heterocycles. The van der Waals surface area contributed by atoms with E-state index in [9.17, 15) is 4.79 Å². The molecular weight excluding hydrogens is 172 g/mol. The summed E-state index contributed by atoms with van der Waals surface area (Å²) in [6.07, 6.45) is 0. The molecule has 0 fully saturated rings. The summed E-state index contributed by atoms with van der Waals surface area (Å²) in [7, 11) is 0. The number of carboxylic acid groups (broad SMARTS) is 1. The van der Waals surface area contributed by atoms with Crippen molar-refractivity contribution >= 4 is 5.97 Å². The Morgan fingerprint density at radius 3 is 2.46 bits per heavy atom. The summed E-state index contributed by atoms with van der Waals surface area (Å²) in [5, 5.41) is 12.8. The lowest BCUT2D eigenvalue weighted by molar-refractivity contribution is -0.140. The summed E-state index contributed by atoms with van der Waals surface area (Å²) >= 11 is 0. The van der Waals surface area contributed by atoms with Crippen LogP contribution in [0.3, 0.4) is 0 Å². The van der Waals surface area contributed by atoms with Crippen LogP contribution < -0.4 is 0 Å². The number of hydrogen-bond acceptors (Lipinski definition) is 2. The molecule has 1 aromatic heterocycles. The number of nitrogens with zero attached hydrogens (tertiary/aromatic N) is 2. The standard InChI is InChI=1S/C8H12N2O2.H2O/c1-5-4-6(2)10(9-5)7(3)8(11)12;/h4,7H,1-3H3,(H,11,12);1H2. The van der Waals surface area contributed by atoms with Gasteiger partial charge in [-0.3, -0.25) is 4.68 Å². The molecule has 1 heterocycles. The van der Waals surface area contributed by atoms with E-state index in [-0.39, 0.29) is 5.48 Å². The van der Waals surface area contributed by atoms with E-state index in [2.05, 4.69) is 5.10 Å². The molecule has 1 atom stereocenters. The van der Waals surface area contributed by atoms with Crippen molar-refractivity contribution in [1.29, 1.82) is 0 Å². The predicted molar refractivity (Wildman–Crippen MR) is 47.7 cm³/mol. The van der Waals surface area contributed by atoms with Crippen LogP contribution in [0.25, 0.3) is 0 Å². The van der Waals surface area contributed by atoms with E-state index < -0.39 is 12.0 Å². The van der Waals surface area contributed by atoms with Crippen LogP contribution in [0.15, 0.2) is 6.07 Å². The van der Waals surface area contributed by atoms with Gasteiger partial charge in [-0.15, -0.1) is 0 Å². The normalized spacial score (nSPS) is 11.9. The minimum Gasteiger partial charge on any atom is -0.480 e. The molecule has 3 N–H and O–H groups in total. The Labute approximate surface area is 76.3 Å². The quantitative estimate of drug-likeness (QED) is 0.721. The van der Waals surface area contributed by atoms with Crippen LogP contribution >= 0.6 is 0 Å². The first-order chi connectivity index (χ1) is 5.52. The van der Waals surface area contributed by atoms with Crippen LogP contribution in [-0.2, 0) is 4.79 Å². The number of carbonyl (C=O) groups is 1. The molecule has 5 nitrogen and oxygen atoms in total. The van der Waals surface area contributed by atoms with Crippen LogP contribution in [0, 0.1) is 13.8 Å². The second kappa shape index (κ2) is 4.04. The molecule has 1 rings (SSSR count). The third-order valence-electron chi connectivity index (χ3n) is 1.77. The molecule has 74 valence electrons. The van der Waals surface area contributed by atoms with Gasteiger partial charge >= 0.3 is 5.97 Å². The second-order valence-electron chi connectivity index (χ2n) is 2.89. The fraction of sp³-hybridized carbons (Fsp3) is 0.500. The monoisotopic (exact) mass is 186 g/mol. The number of hydrogen-bond donors (Lipinski definition) is 1. The second-order valence-corrected chi connectivity index (χ2v) is 2.89. The fourth-order valence-corrected chi connectivity index (χ4v) is 1.14. The van der Waals surface area contributed by atoms with Gasteiger partial charge in [0, 0.05) is 5.69 Å². The molecule has 0 saturated heterocycles. The maximum absolute atomic E-state index is 10.6. The van der Waals surface area contributed by atoms with Gasteiger partial charge in [-0.25, -0.2) is 4.79 Å². The van der Waals surface area contributed by atoms with E-state index in [0.717, 1.165) is 11.4 Å². The Morgan fingerprint density at radius 1 is 1.62 bits per heavy atom. The Kier molecular flexibility index (Phi) is 3.62. The molecule has 1 unspecified atom stereocenters. The molecule has 0 radical (unpaired) electrons.